The molecule has 96 valence electrons. The van der Waals surface area contributed by atoms with Crippen molar-refractivity contribution in [3.63, 3.8) is 0 Å². The summed E-state index contributed by atoms with van der Waals surface area (Å²) in [5.74, 6) is 0.728. The van der Waals surface area contributed by atoms with E-state index in [-0.39, 0.29) is 12.4 Å². The average molecular weight is 266 g/mol. The SMILES string of the molecule is C(=C\C1CC[NH2+]CC1)/c1ccc2nonc2c1.[Cl-]. The van der Waals surface area contributed by atoms with E-state index in [1.54, 1.807) is 0 Å². The zero-order chi connectivity index (χ0) is 11.5. The molecule has 1 aliphatic heterocycles. The molecule has 0 bridgehead atoms. The van der Waals surface area contributed by atoms with Crippen molar-refractivity contribution in [1.29, 1.82) is 0 Å². The first-order valence-corrected chi connectivity index (χ1v) is 6.14. The van der Waals surface area contributed by atoms with Gasteiger partial charge >= 0.3 is 0 Å². The molecule has 2 N–H and O–H groups in total. The number of fused-ring (bicyclic) bond motifs is 1. The van der Waals surface area contributed by atoms with Gasteiger partial charge in [0.1, 0.15) is 11.0 Å². The minimum absolute atomic E-state index is 0. The van der Waals surface area contributed by atoms with Crippen LogP contribution in [0.2, 0.25) is 0 Å². The highest BCUT2D eigenvalue weighted by atomic mass is 35.5. The van der Waals surface area contributed by atoms with E-state index >= 15 is 0 Å². The van der Waals surface area contributed by atoms with E-state index < -0.39 is 0 Å². The molecule has 4 nitrogen and oxygen atoms in total. The third-order valence-electron chi connectivity index (χ3n) is 3.32. The summed E-state index contributed by atoms with van der Waals surface area (Å²) >= 11 is 0. The minimum Gasteiger partial charge on any atom is -1.00 e. The van der Waals surface area contributed by atoms with Crippen molar-refractivity contribution in [2.24, 2.45) is 5.92 Å². The lowest BCUT2D eigenvalue weighted by molar-refractivity contribution is -0.664. The Balaban J connectivity index is 0.00000120. The molecule has 0 spiro atoms. The van der Waals surface area contributed by atoms with Gasteiger partial charge in [-0.1, -0.05) is 18.2 Å². The number of hydrogen-bond donors (Lipinski definition) is 1. The van der Waals surface area contributed by atoms with Crippen LogP contribution >= 0.6 is 0 Å². The van der Waals surface area contributed by atoms with E-state index in [2.05, 4.69) is 38.5 Å². The monoisotopic (exact) mass is 265 g/mol. The fourth-order valence-electron chi connectivity index (χ4n) is 2.29. The Morgan fingerprint density at radius 3 is 2.78 bits per heavy atom. The third kappa shape index (κ3) is 2.89. The number of allylic oxidation sites excluding steroid dienone is 1. The topological polar surface area (TPSA) is 55.5 Å². The minimum atomic E-state index is 0. The molecule has 0 saturated carbocycles. The Hall–Kier alpha value is -1.39. The summed E-state index contributed by atoms with van der Waals surface area (Å²) in [6.07, 6.45) is 7.07. The van der Waals surface area contributed by atoms with E-state index in [9.17, 15) is 0 Å². The smallest absolute Gasteiger partial charge is 0.135 e. The number of nitrogens with two attached hydrogens (primary N) is 1. The Bertz CT molecular complexity index is 532. The number of quaternary nitrogens is 1. The van der Waals surface area contributed by atoms with Crippen LogP contribution in [0.4, 0.5) is 0 Å². The fraction of sp³-hybridized carbons (Fsp3) is 0.385. The Morgan fingerprint density at radius 2 is 1.94 bits per heavy atom. The molecule has 1 fully saturated rings. The second-order valence-corrected chi connectivity index (χ2v) is 4.57. The Kier molecular flexibility index (Phi) is 4.33. The second-order valence-electron chi connectivity index (χ2n) is 4.57. The van der Waals surface area contributed by atoms with Crippen LogP contribution in [0.25, 0.3) is 17.1 Å². The summed E-state index contributed by atoms with van der Waals surface area (Å²) in [6, 6.07) is 6.01. The highest BCUT2D eigenvalue weighted by Gasteiger charge is 2.11. The molecule has 0 atom stereocenters. The first kappa shape index (κ1) is 13.1. The molecule has 0 radical (unpaired) electrons. The van der Waals surface area contributed by atoms with Gasteiger partial charge in [-0.25, -0.2) is 4.63 Å². The summed E-state index contributed by atoms with van der Waals surface area (Å²) in [5, 5.41) is 10.0. The second kappa shape index (κ2) is 5.98. The summed E-state index contributed by atoms with van der Waals surface area (Å²) < 4.78 is 4.69. The Labute approximate surface area is 112 Å². The maximum Gasteiger partial charge on any atom is 0.135 e. The van der Waals surface area contributed by atoms with Crippen LogP contribution in [-0.4, -0.2) is 23.4 Å². The van der Waals surface area contributed by atoms with Gasteiger partial charge in [-0.05, 0) is 33.9 Å². The van der Waals surface area contributed by atoms with Crippen molar-refractivity contribution < 1.29 is 22.4 Å². The van der Waals surface area contributed by atoms with Gasteiger partial charge in [0.15, 0.2) is 0 Å². The predicted octanol–water partition coefficient (Wildman–Crippen LogP) is -1.79. The molecular formula is C13H16ClN3O. The molecule has 18 heavy (non-hydrogen) atoms. The number of benzene rings is 1. The molecule has 2 heterocycles. The van der Waals surface area contributed by atoms with E-state index in [0.717, 1.165) is 17.0 Å². The van der Waals surface area contributed by atoms with E-state index in [0.29, 0.717) is 0 Å². The molecule has 0 unspecified atom stereocenters. The van der Waals surface area contributed by atoms with Crippen LogP contribution in [0.15, 0.2) is 28.9 Å². The zero-order valence-corrected chi connectivity index (χ0v) is 10.8. The average Bonchev–Trinajstić information content (AvgIpc) is 2.85. The standard InChI is InChI=1S/C13H15N3O.ClH/c1(10-5-7-14-8-6-10)2-11-3-4-12-13(9-11)16-17-15-12;/h1-4,9-10,14H,5-8H2;1H/b2-1+;. The number of rotatable bonds is 2. The Morgan fingerprint density at radius 1 is 1.17 bits per heavy atom. The van der Waals surface area contributed by atoms with Crippen molar-refractivity contribution in [1.82, 2.24) is 10.3 Å². The van der Waals surface area contributed by atoms with Crippen LogP contribution in [0.1, 0.15) is 18.4 Å². The van der Waals surface area contributed by atoms with Crippen molar-refractivity contribution in [2.45, 2.75) is 12.8 Å². The molecule has 1 aromatic heterocycles. The number of piperidine rings is 1. The lowest BCUT2D eigenvalue weighted by atomic mass is 9.97. The van der Waals surface area contributed by atoms with E-state index in [1.165, 1.54) is 31.5 Å². The van der Waals surface area contributed by atoms with Crippen molar-refractivity contribution >= 4 is 17.1 Å². The lowest BCUT2D eigenvalue weighted by Crippen LogP contribution is -3.00. The predicted molar refractivity (Wildman–Crippen MR) is 65.2 cm³/mol. The summed E-state index contributed by atoms with van der Waals surface area (Å²) in [7, 11) is 0. The highest BCUT2D eigenvalue weighted by molar-refractivity contribution is 5.76. The molecule has 1 aromatic carbocycles. The quantitative estimate of drug-likeness (QED) is 0.698. The number of halogens is 1. The molecular weight excluding hydrogens is 250 g/mol. The third-order valence-corrected chi connectivity index (χ3v) is 3.32. The van der Waals surface area contributed by atoms with Crippen LogP contribution in [0, 0.1) is 5.92 Å². The van der Waals surface area contributed by atoms with E-state index in [1.807, 2.05) is 12.1 Å². The number of hydrogen-bond acceptors (Lipinski definition) is 3. The van der Waals surface area contributed by atoms with Crippen LogP contribution in [-0.2, 0) is 0 Å². The molecule has 0 aliphatic carbocycles. The van der Waals surface area contributed by atoms with Gasteiger partial charge in [-0.15, -0.1) is 0 Å². The molecule has 0 amide bonds. The van der Waals surface area contributed by atoms with Gasteiger partial charge in [0.2, 0.25) is 0 Å². The zero-order valence-electron chi connectivity index (χ0n) is 10.1. The van der Waals surface area contributed by atoms with Crippen molar-refractivity contribution in [2.75, 3.05) is 13.1 Å². The highest BCUT2D eigenvalue weighted by Crippen LogP contribution is 2.16. The fourth-order valence-corrected chi connectivity index (χ4v) is 2.29. The maximum absolute atomic E-state index is 4.69. The van der Waals surface area contributed by atoms with Crippen molar-refractivity contribution in [3.8, 4) is 0 Å². The van der Waals surface area contributed by atoms with Gasteiger partial charge in [0, 0.05) is 12.8 Å². The maximum atomic E-state index is 4.69. The van der Waals surface area contributed by atoms with Gasteiger partial charge in [0.05, 0.1) is 13.1 Å². The van der Waals surface area contributed by atoms with Crippen LogP contribution in [0.5, 0.6) is 0 Å². The molecule has 1 saturated heterocycles. The summed E-state index contributed by atoms with van der Waals surface area (Å²) in [6.45, 7) is 2.50. The molecule has 1 aliphatic rings. The van der Waals surface area contributed by atoms with Gasteiger partial charge in [-0.2, -0.15) is 0 Å². The van der Waals surface area contributed by atoms with Gasteiger partial charge in [-0.3, -0.25) is 0 Å². The summed E-state index contributed by atoms with van der Waals surface area (Å²) in [5.41, 5.74) is 2.81. The number of nitrogens with zero attached hydrogens (tertiary/aromatic N) is 2. The molecule has 2 aromatic rings. The summed E-state index contributed by atoms with van der Waals surface area (Å²) in [4.78, 5) is 0. The van der Waals surface area contributed by atoms with E-state index in [4.69, 9.17) is 0 Å². The van der Waals surface area contributed by atoms with Crippen molar-refractivity contribution in [3.05, 3.63) is 29.8 Å². The normalized spacial score (nSPS) is 17.1. The molecule has 3 rings (SSSR count). The first-order valence-electron chi connectivity index (χ1n) is 6.14. The van der Waals surface area contributed by atoms with Crippen LogP contribution in [0.3, 0.4) is 0 Å². The van der Waals surface area contributed by atoms with Gasteiger partial charge < -0.3 is 17.7 Å². The number of aromatic nitrogens is 2. The van der Waals surface area contributed by atoms with Crippen LogP contribution < -0.4 is 17.7 Å². The first-order chi connectivity index (χ1) is 8.42. The van der Waals surface area contributed by atoms with Gasteiger partial charge in [0.25, 0.3) is 0 Å². The lowest BCUT2D eigenvalue weighted by Gasteiger charge is -2.16. The molecule has 5 heteroatoms. The largest absolute Gasteiger partial charge is 1.00 e.